The topological polar surface area (TPSA) is 26.0 Å². The van der Waals surface area contributed by atoms with Crippen molar-refractivity contribution in [1.29, 1.82) is 0 Å². The molecule has 0 radical (unpaired) electrons. The van der Waals surface area contributed by atoms with Gasteiger partial charge in [-0.05, 0) is 47.5 Å². The molecule has 1 aliphatic rings. The van der Waals surface area contributed by atoms with E-state index in [0.717, 1.165) is 11.0 Å². The van der Waals surface area contributed by atoms with Crippen LogP contribution in [-0.4, -0.2) is 6.54 Å². The maximum Gasteiger partial charge on any atom is 0.0345 e. The van der Waals surface area contributed by atoms with Gasteiger partial charge in [0.15, 0.2) is 0 Å². The Kier molecular flexibility index (Phi) is 2.85. The SMILES string of the molecule is NCC1(c2csc(-c3ccc(Br)cc3)c2)CC1. The van der Waals surface area contributed by atoms with Crippen LogP contribution in [-0.2, 0) is 5.41 Å². The molecule has 3 rings (SSSR count). The van der Waals surface area contributed by atoms with Crippen molar-refractivity contribution in [2.45, 2.75) is 18.3 Å². The van der Waals surface area contributed by atoms with Gasteiger partial charge in [-0.25, -0.2) is 0 Å². The van der Waals surface area contributed by atoms with E-state index >= 15 is 0 Å². The minimum atomic E-state index is 0.310. The Labute approximate surface area is 114 Å². The van der Waals surface area contributed by atoms with Crippen molar-refractivity contribution in [3.8, 4) is 10.4 Å². The van der Waals surface area contributed by atoms with Crippen molar-refractivity contribution in [2.75, 3.05) is 6.54 Å². The van der Waals surface area contributed by atoms with Crippen LogP contribution in [0.2, 0.25) is 0 Å². The summed E-state index contributed by atoms with van der Waals surface area (Å²) in [6.07, 6.45) is 2.50. The van der Waals surface area contributed by atoms with E-state index < -0.39 is 0 Å². The van der Waals surface area contributed by atoms with Crippen molar-refractivity contribution in [2.24, 2.45) is 5.73 Å². The van der Waals surface area contributed by atoms with E-state index in [1.54, 1.807) is 0 Å². The van der Waals surface area contributed by atoms with E-state index in [-0.39, 0.29) is 0 Å². The molecule has 0 bridgehead atoms. The summed E-state index contributed by atoms with van der Waals surface area (Å²) in [6.45, 7) is 0.781. The molecule has 0 unspecified atom stereocenters. The zero-order valence-electron chi connectivity index (χ0n) is 9.45. The number of thiophene rings is 1. The number of nitrogens with two attached hydrogens (primary N) is 1. The average Bonchev–Trinajstić information content (AvgIpc) is 3.00. The van der Waals surface area contributed by atoms with Crippen LogP contribution in [0.5, 0.6) is 0 Å². The zero-order chi connectivity index (χ0) is 11.9. The predicted octanol–water partition coefficient (Wildman–Crippen LogP) is 4.17. The fourth-order valence-electron chi connectivity index (χ4n) is 2.14. The molecule has 1 heterocycles. The molecule has 0 aliphatic heterocycles. The van der Waals surface area contributed by atoms with Crippen LogP contribution in [0, 0.1) is 0 Å². The molecule has 1 fully saturated rings. The molecule has 1 aliphatic carbocycles. The summed E-state index contributed by atoms with van der Waals surface area (Å²) in [5.41, 5.74) is 8.90. The molecule has 1 aromatic heterocycles. The van der Waals surface area contributed by atoms with Crippen LogP contribution >= 0.6 is 27.3 Å². The lowest BCUT2D eigenvalue weighted by molar-refractivity contribution is 0.708. The quantitative estimate of drug-likeness (QED) is 0.905. The largest absolute Gasteiger partial charge is 0.330 e. The molecule has 0 atom stereocenters. The van der Waals surface area contributed by atoms with Crippen LogP contribution in [0.3, 0.4) is 0 Å². The summed E-state index contributed by atoms with van der Waals surface area (Å²) in [5, 5.41) is 2.28. The molecule has 1 saturated carbocycles. The number of hydrogen-bond acceptors (Lipinski definition) is 2. The minimum Gasteiger partial charge on any atom is -0.330 e. The lowest BCUT2D eigenvalue weighted by atomic mass is 9.98. The number of hydrogen-bond donors (Lipinski definition) is 1. The van der Waals surface area contributed by atoms with Crippen LogP contribution in [0.25, 0.3) is 10.4 Å². The van der Waals surface area contributed by atoms with Crippen LogP contribution in [0.1, 0.15) is 18.4 Å². The molecule has 17 heavy (non-hydrogen) atoms. The van der Waals surface area contributed by atoms with E-state index in [1.165, 1.54) is 28.8 Å². The molecular weight excluding hydrogens is 294 g/mol. The summed E-state index contributed by atoms with van der Waals surface area (Å²) < 4.78 is 1.12. The van der Waals surface area contributed by atoms with Gasteiger partial charge in [-0.15, -0.1) is 11.3 Å². The summed E-state index contributed by atoms with van der Waals surface area (Å²) in [6, 6.07) is 10.8. The van der Waals surface area contributed by atoms with Gasteiger partial charge in [-0.3, -0.25) is 0 Å². The third kappa shape index (κ3) is 2.07. The lowest BCUT2D eigenvalue weighted by Crippen LogP contribution is -2.18. The van der Waals surface area contributed by atoms with Gasteiger partial charge < -0.3 is 5.73 Å². The highest BCUT2D eigenvalue weighted by molar-refractivity contribution is 9.10. The highest BCUT2D eigenvalue weighted by atomic mass is 79.9. The van der Waals surface area contributed by atoms with Gasteiger partial charge in [-0.1, -0.05) is 28.1 Å². The van der Waals surface area contributed by atoms with Crippen molar-refractivity contribution in [3.63, 3.8) is 0 Å². The molecule has 3 heteroatoms. The van der Waals surface area contributed by atoms with Gasteiger partial charge in [0.2, 0.25) is 0 Å². The first-order valence-electron chi connectivity index (χ1n) is 5.79. The molecule has 0 spiro atoms. The molecule has 1 aromatic carbocycles. The highest BCUT2D eigenvalue weighted by Gasteiger charge is 2.43. The van der Waals surface area contributed by atoms with Gasteiger partial charge in [0.05, 0.1) is 0 Å². The standard InChI is InChI=1S/C14H14BrNS/c15-12-3-1-10(2-4-12)13-7-11(8-17-13)14(9-16)5-6-14/h1-4,7-8H,5-6,9,16H2. The van der Waals surface area contributed by atoms with Crippen LogP contribution < -0.4 is 5.73 Å². The Morgan fingerprint density at radius 3 is 2.53 bits per heavy atom. The van der Waals surface area contributed by atoms with Crippen molar-refractivity contribution in [3.05, 3.63) is 45.7 Å². The third-order valence-corrected chi connectivity index (χ3v) is 5.09. The Balaban J connectivity index is 1.92. The van der Waals surface area contributed by atoms with E-state index in [0.29, 0.717) is 5.41 Å². The van der Waals surface area contributed by atoms with E-state index in [4.69, 9.17) is 5.73 Å². The smallest absolute Gasteiger partial charge is 0.0345 e. The number of rotatable bonds is 3. The Morgan fingerprint density at radius 1 is 1.24 bits per heavy atom. The lowest BCUT2D eigenvalue weighted by Gasteiger charge is -2.08. The Bertz CT molecular complexity index is 525. The summed E-state index contributed by atoms with van der Waals surface area (Å²) in [7, 11) is 0. The molecule has 88 valence electrons. The summed E-state index contributed by atoms with van der Waals surface area (Å²) >= 11 is 5.28. The second-order valence-electron chi connectivity index (χ2n) is 4.69. The van der Waals surface area contributed by atoms with E-state index in [9.17, 15) is 0 Å². The van der Waals surface area contributed by atoms with E-state index in [1.807, 2.05) is 11.3 Å². The number of benzene rings is 1. The Morgan fingerprint density at radius 2 is 1.94 bits per heavy atom. The molecule has 0 saturated heterocycles. The van der Waals surface area contributed by atoms with Crippen LogP contribution in [0.4, 0.5) is 0 Å². The van der Waals surface area contributed by atoms with Crippen molar-refractivity contribution >= 4 is 27.3 Å². The minimum absolute atomic E-state index is 0.310. The van der Waals surface area contributed by atoms with Gasteiger partial charge in [0.1, 0.15) is 0 Å². The van der Waals surface area contributed by atoms with Crippen molar-refractivity contribution < 1.29 is 0 Å². The third-order valence-electron chi connectivity index (χ3n) is 3.58. The first-order valence-corrected chi connectivity index (χ1v) is 7.46. The van der Waals surface area contributed by atoms with Crippen molar-refractivity contribution in [1.82, 2.24) is 0 Å². The average molecular weight is 308 g/mol. The maximum atomic E-state index is 5.87. The van der Waals surface area contributed by atoms with Gasteiger partial charge >= 0.3 is 0 Å². The van der Waals surface area contributed by atoms with Gasteiger partial charge in [0.25, 0.3) is 0 Å². The zero-order valence-corrected chi connectivity index (χ0v) is 11.9. The predicted molar refractivity (Wildman–Crippen MR) is 77.4 cm³/mol. The maximum absolute atomic E-state index is 5.87. The van der Waals surface area contributed by atoms with Gasteiger partial charge in [-0.2, -0.15) is 0 Å². The molecule has 2 N–H and O–H groups in total. The molecular formula is C14H14BrNS. The Hall–Kier alpha value is -0.640. The van der Waals surface area contributed by atoms with Crippen LogP contribution in [0.15, 0.2) is 40.2 Å². The first kappa shape index (κ1) is 11.5. The molecule has 1 nitrogen and oxygen atoms in total. The fourth-order valence-corrected chi connectivity index (χ4v) is 3.44. The normalized spacial score (nSPS) is 17.1. The van der Waals surface area contributed by atoms with E-state index in [2.05, 4.69) is 51.6 Å². The fraction of sp³-hybridized carbons (Fsp3) is 0.286. The highest BCUT2D eigenvalue weighted by Crippen LogP contribution is 2.49. The first-order chi connectivity index (χ1) is 8.23. The van der Waals surface area contributed by atoms with Gasteiger partial charge in [0, 0.05) is 21.3 Å². The second kappa shape index (κ2) is 4.23. The number of halogens is 1. The molecule has 2 aromatic rings. The summed E-state index contributed by atoms with van der Waals surface area (Å²) in [4.78, 5) is 1.34. The second-order valence-corrected chi connectivity index (χ2v) is 6.52. The monoisotopic (exact) mass is 307 g/mol. The summed E-state index contributed by atoms with van der Waals surface area (Å²) in [5.74, 6) is 0. The molecule has 0 amide bonds.